The minimum atomic E-state index is -0.303. The Hall–Kier alpha value is -1.16. The second kappa shape index (κ2) is 29.6. The SMILES string of the molecule is CCCCCC=CCC=CCCCCCCCCC1(CCCCCCCCC=CCC=CCCCCC)OC2CC(CN(C)C)CC2O1. The maximum absolute atomic E-state index is 6.87. The van der Waals surface area contributed by atoms with E-state index in [9.17, 15) is 0 Å². The van der Waals surface area contributed by atoms with Gasteiger partial charge in [0.1, 0.15) is 0 Å². The summed E-state index contributed by atoms with van der Waals surface area (Å²) in [7, 11) is 4.38. The molecule has 0 bridgehead atoms. The molecule has 0 aromatic carbocycles. The Morgan fingerprint density at radius 1 is 0.479 bits per heavy atom. The summed E-state index contributed by atoms with van der Waals surface area (Å²) < 4.78 is 13.7. The van der Waals surface area contributed by atoms with Crippen LogP contribution in [-0.2, 0) is 9.47 Å². The normalized spacial score (nSPS) is 23.0. The van der Waals surface area contributed by atoms with Crippen LogP contribution in [0.1, 0.15) is 194 Å². The Kier molecular flexibility index (Phi) is 26.5. The van der Waals surface area contributed by atoms with Crippen molar-refractivity contribution in [2.24, 2.45) is 5.92 Å². The molecule has 0 amide bonds. The first-order chi connectivity index (χ1) is 23.6. The van der Waals surface area contributed by atoms with Gasteiger partial charge in [-0.25, -0.2) is 0 Å². The second-order valence-corrected chi connectivity index (χ2v) is 15.5. The van der Waals surface area contributed by atoms with Gasteiger partial charge in [0.2, 0.25) is 0 Å². The minimum absolute atomic E-state index is 0.303. The van der Waals surface area contributed by atoms with Crippen LogP contribution in [0.3, 0.4) is 0 Å². The van der Waals surface area contributed by atoms with Crippen molar-refractivity contribution in [2.75, 3.05) is 20.6 Å². The Bertz CT molecular complexity index is 778. The van der Waals surface area contributed by atoms with Crippen LogP contribution in [0.15, 0.2) is 48.6 Å². The summed E-state index contributed by atoms with van der Waals surface area (Å²) in [6, 6.07) is 0. The van der Waals surface area contributed by atoms with E-state index < -0.39 is 0 Å². The summed E-state index contributed by atoms with van der Waals surface area (Å²) in [5, 5.41) is 0. The molecule has 2 atom stereocenters. The molecule has 2 unspecified atom stereocenters. The topological polar surface area (TPSA) is 21.7 Å². The number of hydrogen-bond acceptors (Lipinski definition) is 3. The summed E-state index contributed by atoms with van der Waals surface area (Å²) >= 11 is 0. The van der Waals surface area contributed by atoms with Crippen molar-refractivity contribution in [3.8, 4) is 0 Å². The molecule has 3 nitrogen and oxygen atoms in total. The molecule has 0 aromatic heterocycles. The third kappa shape index (κ3) is 21.8. The summed E-state index contributed by atoms with van der Waals surface area (Å²) in [6.07, 6.45) is 55.2. The highest BCUT2D eigenvalue weighted by Gasteiger charge is 2.50. The number of rotatable bonds is 32. The molecular formula is C45H81NO2. The number of hydrogen-bond donors (Lipinski definition) is 0. The lowest BCUT2D eigenvalue weighted by molar-refractivity contribution is -0.193. The molecule has 0 aromatic rings. The minimum Gasteiger partial charge on any atom is -0.344 e. The largest absolute Gasteiger partial charge is 0.344 e. The van der Waals surface area contributed by atoms with Crippen molar-refractivity contribution >= 4 is 0 Å². The summed E-state index contributed by atoms with van der Waals surface area (Å²) in [4.78, 5) is 2.33. The zero-order valence-electron chi connectivity index (χ0n) is 32.6. The number of fused-ring (bicyclic) bond motifs is 1. The first-order valence-electron chi connectivity index (χ1n) is 21.2. The van der Waals surface area contributed by atoms with E-state index in [0.29, 0.717) is 12.2 Å². The van der Waals surface area contributed by atoms with Crippen LogP contribution in [-0.4, -0.2) is 43.5 Å². The number of ether oxygens (including phenoxy) is 2. The molecule has 0 spiro atoms. The Morgan fingerprint density at radius 2 is 0.833 bits per heavy atom. The number of allylic oxidation sites excluding steroid dienone is 8. The maximum atomic E-state index is 6.87. The predicted octanol–water partition coefficient (Wildman–Crippen LogP) is 13.8. The van der Waals surface area contributed by atoms with Crippen LogP contribution in [0.2, 0.25) is 0 Å². The molecule has 278 valence electrons. The Morgan fingerprint density at radius 3 is 1.21 bits per heavy atom. The monoisotopic (exact) mass is 668 g/mol. The van der Waals surface area contributed by atoms with Crippen LogP contribution in [0.5, 0.6) is 0 Å². The van der Waals surface area contributed by atoms with Crippen molar-refractivity contribution in [1.29, 1.82) is 0 Å². The smallest absolute Gasteiger partial charge is 0.169 e. The summed E-state index contributed by atoms with van der Waals surface area (Å²) in [5.41, 5.74) is 0. The van der Waals surface area contributed by atoms with Gasteiger partial charge in [-0.05, 0) is 110 Å². The van der Waals surface area contributed by atoms with E-state index >= 15 is 0 Å². The fourth-order valence-corrected chi connectivity index (χ4v) is 7.68. The molecule has 2 aliphatic rings. The molecule has 3 heteroatoms. The number of unbranched alkanes of at least 4 members (excludes halogenated alkanes) is 18. The van der Waals surface area contributed by atoms with E-state index in [2.05, 4.69) is 81.5 Å². The van der Waals surface area contributed by atoms with Crippen LogP contribution < -0.4 is 0 Å². The highest BCUT2D eigenvalue weighted by atomic mass is 16.8. The average Bonchev–Trinajstić information content (AvgIpc) is 3.59. The van der Waals surface area contributed by atoms with Gasteiger partial charge in [-0.3, -0.25) is 0 Å². The van der Waals surface area contributed by atoms with Gasteiger partial charge >= 0.3 is 0 Å². The van der Waals surface area contributed by atoms with Gasteiger partial charge in [0.05, 0.1) is 12.2 Å². The van der Waals surface area contributed by atoms with Gasteiger partial charge in [0, 0.05) is 19.4 Å². The average molecular weight is 668 g/mol. The predicted molar refractivity (Wildman–Crippen MR) is 212 cm³/mol. The van der Waals surface area contributed by atoms with Crippen molar-refractivity contribution in [3.63, 3.8) is 0 Å². The standard InChI is InChI=1S/C45H81NO2/c1-5-7-9-11-13-15-17-19-21-23-25-27-29-31-33-35-37-45(47-43-39-42(41-46(3)4)40-44(43)48-45)38-36-34-32-30-28-26-24-22-20-18-16-14-12-10-8-6-2/h13-16,19-22,42-44H,5-12,17-18,23-41H2,1-4H3. The van der Waals surface area contributed by atoms with Crippen molar-refractivity contribution in [1.82, 2.24) is 4.90 Å². The third-order valence-corrected chi connectivity index (χ3v) is 10.4. The van der Waals surface area contributed by atoms with E-state index in [1.807, 2.05) is 0 Å². The van der Waals surface area contributed by atoms with Gasteiger partial charge < -0.3 is 14.4 Å². The van der Waals surface area contributed by atoms with Crippen molar-refractivity contribution < 1.29 is 9.47 Å². The zero-order chi connectivity index (χ0) is 34.4. The highest BCUT2D eigenvalue weighted by molar-refractivity contribution is 4.95. The Labute approximate surface area is 300 Å². The van der Waals surface area contributed by atoms with E-state index in [0.717, 1.165) is 38.1 Å². The van der Waals surface area contributed by atoms with E-state index in [-0.39, 0.29) is 5.79 Å². The van der Waals surface area contributed by atoms with Crippen molar-refractivity contribution in [2.45, 2.75) is 212 Å². The van der Waals surface area contributed by atoms with Crippen LogP contribution in [0, 0.1) is 5.92 Å². The van der Waals surface area contributed by atoms with Crippen LogP contribution >= 0.6 is 0 Å². The highest BCUT2D eigenvalue weighted by Crippen LogP contribution is 2.45. The molecule has 1 aliphatic heterocycles. The van der Waals surface area contributed by atoms with E-state index in [4.69, 9.17) is 9.47 Å². The number of nitrogens with zero attached hydrogens (tertiary/aromatic N) is 1. The quantitative estimate of drug-likeness (QED) is 0.0526. The molecule has 48 heavy (non-hydrogen) atoms. The Balaban J connectivity index is 1.57. The van der Waals surface area contributed by atoms with Crippen molar-refractivity contribution in [3.05, 3.63) is 48.6 Å². The summed E-state index contributed by atoms with van der Waals surface area (Å²) in [5.74, 6) is 0.417. The van der Waals surface area contributed by atoms with Gasteiger partial charge in [0.15, 0.2) is 5.79 Å². The molecule has 2 fully saturated rings. The van der Waals surface area contributed by atoms with Crippen LogP contribution in [0.25, 0.3) is 0 Å². The molecule has 1 heterocycles. The molecule has 2 rings (SSSR count). The first kappa shape index (κ1) is 43.0. The van der Waals surface area contributed by atoms with Gasteiger partial charge in [-0.2, -0.15) is 0 Å². The molecule has 0 radical (unpaired) electrons. The lowest BCUT2D eigenvalue weighted by Gasteiger charge is -2.30. The third-order valence-electron chi connectivity index (χ3n) is 10.4. The lowest BCUT2D eigenvalue weighted by Crippen LogP contribution is -2.33. The molecular weight excluding hydrogens is 587 g/mol. The summed E-state index contributed by atoms with van der Waals surface area (Å²) in [6.45, 7) is 5.70. The second-order valence-electron chi connectivity index (χ2n) is 15.5. The molecule has 1 aliphatic carbocycles. The molecule has 1 saturated heterocycles. The fourth-order valence-electron chi connectivity index (χ4n) is 7.68. The zero-order valence-corrected chi connectivity index (χ0v) is 32.6. The van der Waals surface area contributed by atoms with E-state index in [1.54, 1.807) is 0 Å². The maximum Gasteiger partial charge on any atom is 0.169 e. The fraction of sp³-hybridized carbons (Fsp3) is 0.822. The van der Waals surface area contributed by atoms with E-state index in [1.165, 1.54) is 154 Å². The molecule has 0 N–H and O–H groups in total. The van der Waals surface area contributed by atoms with Crippen LogP contribution in [0.4, 0.5) is 0 Å². The van der Waals surface area contributed by atoms with Gasteiger partial charge in [-0.15, -0.1) is 0 Å². The first-order valence-corrected chi connectivity index (χ1v) is 21.2. The lowest BCUT2D eigenvalue weighted by atomic mass is 9.98. The molecule has 1 saturated carbocycles. The van der Waals surface area contributed by atoms with Gasteiger partial charge in [-0.1, -0.05) is 140 Å². The van der Waals surface area contributed by atoms with Gasteiger partial charge in [0.25, 0.3) is 0 Å².